The Morgan fingerprint density at radius 1 is 0.959 bits per heavy atom. The third kappa shape index (κ3) is 8.90. The number of H-pyrrole nitrogens is 1. The van der Waals surface area contributed by atoms with E-state index in [9.17, 15) is 39.2 Å². The predicted molar refractivity (Wildman–Crippen MR) is 177 cm³/mol. The molecule has 1 amide bonds. The zero-order valence-corrected chi connectivity index (χ0v) is 29.4. The first-order valence-electron chi connectivity index (χ1n) is 13.5. The van der Waals surface area contributed by atoms with E-state index >= 15 is 0 Å². The van der Waals surface area contributed by atoms with Gasteiger partial charge in [-0.25, -0.2) is 0 Å². The molecule has 24 heteroatoms. The SMILES string of the molecule is CC(C)(C)c1nn2nc(-c3ccc(NC(=O)c4cc(S(=O)(=O)O)cc(S(=O)(=O)O)c4)cc3)[nH]c2c1/N=N/c1nc(SCCS(=O)(=O)O)ns1. The minimum absolute atomic E-state index is 0.0530. The summed E-state index contributed by atoms with van der Waals surface area (Å²) < 4.78 is 101. The quantitative estimate of drug-likeness (QED) is 0.0720. The van der Waals surface area contributed by atoms with Crippen molar-refractivity contribution in [2.75, 3.05) is 16.8 Å². The third-order valence-electron chi connectivity index (χ3n) is 6.34. The van der Waals surface area contributed by atoms with E-state index in [4.69, 9.17) is 4.55 Å². The van der Waals surface area contributed by atoms with E-state index in [2.05, 4.69) is 40.1 Å². The van der Waals surface area contributed by atoms with E-state index in [0.717, 1.165) is 35.4 Å². The monoisotopic (exact) mass is 771 g/mol. The second-order valence-corrected chi connectivity index (χ2v) is 17.3. The molecule has 2 aromatic carbocycles. The zero-order valence-electron chi connectivity index (χ0n) is 25.3. The van der Waals surface area contributed by atoms with Gasteiger partial charge in [0.15, 0.2) is 17.2 Å². The average molecular weight is 772 g/mol. The lowest BCUT2D eigenvalue weighted by Gasteiger charge is -2.15. The highest BCUT2D eigenvalue weighted by atomic mass is 32.2. The van der Waals surface area contributed by atoms with Gasteiger partial charge in [-0.3, -0.25) is 18.5 Å². The molecule has 3 heterocycles. The highest BCUT2D eigenvalue weighted by Gasteiger charge is 2.27. The smallest absolute Gasteiger partial charge is 0.294 e. The fourth-order valence-corrected chi connectivity index (χ4v) is 7.56. The van der Waals surface area contributed by atoms with Crippen molar-refractivity contribution in [2.24, 2.45) is 10.2 Å². The molecule has 0 unspecified atom stereocenters. The van der Waals surface area contributed by atoms with Crippen molar-refractivity contribution >= 4 is 81.7 Å². The second kappa shape index (κ2) is 13.3. The van der Waals surface area contributed by atoms with Gasteiger partial charge >= 0.3 is 0 Å². The molecule has 0 aliphatic heterocycles. The maximum absolute atomic E-state index is 12.9. The predicted octanol–water partition coefficient (Wildman–Crippen LogP) is 4.01. The van der Waals surface area contributed by atoms with Crippen molar-refractivity contribution in [3.8, 4) is 11.4 Å². The van der Waals surface area contributed by atoms with Gasteiger partial charge in [-0.05, 0) is 42.5 Å². The summed E-state index contributed by atoms with van der Waals surface area (Å²) in [6, 6.07) is 8.21. The van der Waals surface area contributed by atoms with Crippen LogP contribution in [0.1, 0.15) is 36.8 Å². The van der Waals surface area contributed by atoms with E-state index in [-0.39, 0.29) is 21.7 Å². The van der Waals surface area contributed by atoms with Crippen LogP contribution in [0.4, 0.5) is 16.5 Å². The lowest BCUT2D eigenvalue weighted by molar-refractivity contribution is 0.102. The summed E-state index contributed by atoms with van der Waals surface area (Å²) in [6.07, 6.45) is 0. The van der Waals surface area contributed by atoms with Gasteiger partial charge < -0.3 is 10.3 Å². The molecule has 5 aromatic rings. The minimum Gasteiger partial charge on any atom is -0.322 e. The molecule has 49 heavy (non-hydrogen) atoms. The van der Waals surface area contributed by atoms with Gasteiger partial charge in [-0.2, -0.15) is 39.7 Å². The van der Waals surface area contributed by atoms with Crippen molar-refractivity contribution in [1.29, 1.82) is 0 Å². The number of rotatable bonds is 11. The summed E-state index contributed by atoms with van der Waals surface area (Å²) >= 11 is 1.98. The van der Waals surface area contributed by atoms with Crippen molar-refractivity contribution in [3.63, 3.8) is 0 Å². The van der Waals surface area contributed by atoms with Crippen molar-refractivity contribution in [2.45, 2.75) is 41.1 Å². The number of aromatic nitrogens is 6. The Kier molecular flexibility index (Phi) is 9.78. The zero-order chi connectivity index (χ0) is 35.9. The second-order valence-electron chi connectivity index (χ2n) is 11.1. The molecule has 19 nitrogen and oxygen atoms in total. The van der Waals surface area contributed by atoms with Gasteiger partial charge in [-0.15, -0.1) is 20.0 Å². The summed E-state index contributed by atoms with van der Waals surface area (Å²) in [5.74, 6) is -0.962. The topological polar surface area (TPSA) is 289 Å². The fraction of sp³-hybridized carbons (Fsp3) is 0.240. The third-order valence-corrected chi connectivity index (χ3v) is 10.6. The van der Waals surface area contributed by atoms with E-state index in [0.29, 0.717) is 34.5 Å². The fourth-order valence-electron chi connectivity index (χ4n) is 4.09. The number of carbonyl (C=O) groups is 1. The van der Waals surface area contributed by atoms with Crippen LogP contribution in [0.2, 0.25) is 0 Å². The minimum atomic E-state index is -4.91. The Labute approximate surface area is 286 Å². The van der Waals surface area contributed by atoms with Crippen LogP contribution in [0, 0.1) is 0 Å². The molecular weight excluding hydrogens is 747 g/mol. The van der Waals surface area contributed by atoms with Crippen LogP contribution in [0.5, 0.6) is 0 Å². The maximum Gasteiger partial charge on any atom is 0.294 e. The Bertz CT molecular complexity index is 2380. The van der Waals surface area contributed by atoms with Crippen molar-refractivity contribution in [3.05, 3.63) is 53.7 Å². The van der Waals surface area contributed by atoms with Gasteiger partial charge in [-0.1, -0.05) is 32.5 Å². The average Bonchev–Trinajstić information content (AvgIpc) is 3.70. The van der Waals surface area contributed by atoms with Crippen LogP contribution < -0.4 is 5.32 Å². The van der Waals surface area contributed by atoms with Gasteiger partial charge in [0.2, 0.25) is 10.3 Å². The number of anilines is 1. The molecule has 0 radical (unpaired) electrons. The Morgan fingerprint density at radius 2 is 1.59 bits per heavy atom. The van der Waals surface area contributed by atoms with Crippen LogP contribution >= 0.6 is 23.3 Å². The summed E-state index contributed by atoms with van der Waals surface area (Å²) in [6.45, 7) is 5.79. The number of azo groups is 1. The molecule has 0 fully saturated rings. The number of nitrogens with zero attached hydrogens (tertiary/aromatic N) is 7. The van der Waals surface area contributed by atoms with Gasteiger partial charge in [0.05, 0.1) is 21.2 Å². The van der Waals surface area contributed by atoms with Crippen LogP contribution in [-0.2, 0) is 35.8 Å². The number of fused-ring (bicyclic) bond motifs is 1. The number of hydrogen-bond donors (Lipinski definition) is 5. The molecule has 5 rings (SSSR count). The van der Waals surface area contributed by atoms with Gasteiger partial charge in [0.1, 0.15) is 0 Å². The molecule has 0 aliphatic carbocycles. The molecule has 0 aliphatic rings. The first-order valence-corrected chi connectivity index (χ1v) is 19.8. The molecule has 3 aromatic heterocycles. The molecule has 5 N–H and O–H groups in total. The number of nitrogens with one attached hydrogen (secondary N) is 2. The largest absolute Gasteiger partial charge is 0.322 e. The molecule has 0 bridgehead atoms. The number of carbonyl (C=O) groups excluding carboxylic acids is 1. The molecule has 0 spiro atoms. The molecule has 0 saturated heterocycles. The number of amides is 1. The standard InChI is InChI=1S/C25H25N9O10S5/c1-25(2,3)19-18(29-30-23-28-24(33-46-23)45-8-9-47(36,37)38)21-27-20(32-34(21)31-19)13-4-6-15(7-5-13)26-22(35)14-10-16(48(39,40)41)12-17(11-14)49(42,43)44/h4-7,10-12H,8-9H2,1-3H3,(H,26,35)(H,27,32)(H,36,37,38)(H,39,40,41)(H,42,43,44)/b30-29+. The van der Waals surface area contributed by atoms with Crippen LogP contribution in [-0.4, -0.2) is 85.5 Å². The van der Waals surface area contributed by atoms with Gasteiger partial charge in [0, 0.05) is 39.5 Å². The Balaban J connectivity index is 1.37. The van der Waals surface area contributed by atoms with Crippen LogP contribution in [0.3, 0.4) is 0 Å². The summed E-state index contributed by atoms with van der Waals surface area (Å²) in [7, 11) is -13.9. The van der Waals surface area contributed by atoms with E-state index in [1.54, 1.807) is 12.1 Å². The summed E-state index contributed by atoms with van der Waals surface area (Å²) in [5, 5.41) is 20.6. The highest BCUT2D eigenvalue weighted by Crippen LogP contribution is 2.36. The normalized spacial score (nSPS) is 13.0. The van der Waals surface area contributed by atoms with Crippen LogP contribution in [0.25, 0.3) is 17.0 Å². The van der Waals surface area contributed by atoms with Gasteiger partial charge in [0.25, 0.3) is 36.3 Å². The molecule has 0 saturated carbocycles. The lowest BCUT2D eigenvalue weighted by atomic mass is 9.91. The van der Waals surface area contributed by atoms with Crippen molar-refractivity contribution in [1.82, 2.24) is 29.2 Å². The van der Waals surface area contributed by atoms with Crippen LogP contribution in [0.15, 0.2) is 67.6 Å². The maximum atomic E-state index is 12.9. The molecule has 0 atom stereocenters. The molecular formula is C25H25N9O10S5. The highest BCUT2D eigenvalue weighted by molar-refractivity contribution is 8.00. The lowest BCUT2D eigenvalue weighted by Crippen LogP contribution is -2.14. The number of aromatic amines is 1. The van der Waals surface area contributed by atoms with E-state index in [1.165, 1.54) is 16.8 Å². The first-order chi connectivity index (χ1) is 22.7. The van der Waals surface area contributed by atoms with E-state index < -0.39 is 62.8 Å². The molecule has 260 valence electrons. The Hall–Kier alpha value is -4.17. The summed E-state index contributed by atoms with van der Waals surface area (Å²) in [4.78, 5) is 18.4. The number of hydrogen-bond acceptors (Lipinski definition) is 15. The van der Waals surface area contributed by atoms with E-state index in [1.807, 2.05) is 20.8 Å². The number of thioether (sulfide) groups is 1. The first kappa shape index (κ1) is 36.1. The Morgan fingerprint density at radius 3 is 2.16 bits per heavy atom. The van der Waals surface area contributed by atoms with Crippen molar-refractivity contribution < 1.29 is 43.7 Å². The number of benzene rings is 2. The summed E-state index contributed by atoms with van der Waals surface area (Å²) in [5.41, 5.74) is 1.21.